The van der Waals surface area contributed by atoms with Gasteiger partial charge in [0.15, 0.2) is 0 Å². The molecule has 1 atom stereocenters. The maximum atomic E-state index is 5.99. The third kappa shape index (κ3) is 4.45. The van der Waals surface area contributed by atoms with Gasteiger partial charge in [0.2, 0.25) is 17.2 Å². The lowest BCUT2D eigenvalue weighted by Gasteiger charge is -2.26. The molecule has 2 heterocycles. The van der Waals surface area contributed by atoms with Gasteiger partial charge in [0.1, 0.15) is 0 Å². The first-order valence-corrected chi connectivity index (χ1v) is 7.46. The van der Waals surface area contributed by atoms with Crippen LogP contribution in [-0.4, -0.2) is 48.3 Å². The number of rotatable bonds is 6. The molecule has 0 bridgehead atoms. The predicted molar refractivity (Wildman–Crippen MR) is 80.4 cm³/mol. The minimum absolute atomic E-state index is 0.238. The summed E-state index contributed by atoms with van der Waals surface area (Å²) in [5.41, 5.74) is 0. The molecule has 1 aliphatic heterocycles. The molecule has 20 heavy (non-hydrogen) atoms. The Morgan fingerprint density at radius 1 is 1.25 bits per heavy atom. The van der Waals surface area contributed by atoms with E-state index in [4.69, 9.17) is 16.3 Å². The number of piperidine rings is 1. The molecule has 0 spiro atoms. The van der Waals surface area contributed by atoms with Crippen molar-refractivity contribution in [2.45, 2.75) is 26.2 Å². The quantitative estimate of drug-likeness (QED) is 0.869. The Hall–Kier alpha value is -1.14. The number of aromatic nitrogens is 3. The van der Waals surface area contributed by atoms with E-state index in [9.17, 15) is 0 Å². The Balaban J connectivity index is 2.00. The molecule has 1 unspecified atom stereocenters. The van der Waals surface area contributed by atoms with E-state index in [2.05, 4.69) is 32.1 Å². The van der Waals surface area contributed by atoms with Crippen LogP contribution < -0.4 is 10.2 Å². The van der Waals surface area contributed by atoms with Crippen LogP contribution in [0.5, 0.6) is 0 Å². The van der Waals surface area contributed by atoms with Gasteiger partial charge in [-0.05, 0) is 36.8 Å². The largest absolute Gasteiger partial charge is 0.384 e. The second-order valence-corrected chi connectivity index (χ2v) is 5.56. The number of anilines is 2. The number of hydrogen-bond donors (Lipinski definition) is 1. The van der Waals surface area contributed by atoms with Gasteiger partial charge < -0.3 is 15.0 Å². The predicted octanol–water partition coefficient (Wildman–Crippen LogP) is 2.21. The second-order valence-electron chi connectivity index (χ2n) is 5.22. The van der Waals surface area contributed by atoms with Crippen LogP contribution in [0.15, 0.2) is 0 Å². The molecule has 1 aliphatic rings. The number of hydrogen-bond acceptors (Lipinski definition) is 6. The number of halogens is 1. The molecule has 112 valence electrons. The Morgan fingerprint density at radius 3 is 2.70 bits per heavy atom. The molecule has 0 radical (unpaired) electrons. The maximum absolute atomic E-state index is 5.99. The van der Waals surface area contributed by atoms with Crippen LogP contribution in [0.2, 0.25) is 5.28 Å². The first kappa shape index (κ1) is 15.3. The number of ether oxygens (including phenoxy) is 1. The highest BCUT2D eigenvalue weighted by Crippen LogP contribution is 2.18. The van der Waals surface area contributed by atoms with Crippen molar-refractivity contribution in [2.24, 2.45) is 5.92 Å². The summed E-state index contributed by atoms with van der Waals surface area (Å²) in [6, 6.07) is 0. The van der Waals surface area contributed by atoms with Gasteiger partial charge in [-0.1, -0.05) is 6.92 Å². The molecule has 0 aromatic carbocycles. The first-order valence-electron chi connectivity index (χ1n) is 7.08. The van der Waals surface area contributed by atoms with E-state index in [1.807, 2.05) is 0 Å². The van der Waals surface area contributed by atoms with E-state index in [0.717, 1.165) is 19.6 Å². The summed E-state index contributed by atoms with van der Waals surface area (Å²) in [5.74, 6) is 1.59. The van der Waals surface area contributed by atoms with Crippen molar-refractivity contribution in [2.75, 3.05) is 43.6 Å². The van der Waals surface area contributed by atoms with Crippen molar-refractivity contribution in [1.29, 1.82) is 0 Å². The molecule has 1 aromatic heterocycles. The fraction of sp³-hybridized carbons (Fsp3) is 0.769. The molecule has 0 saturated carbocycles. The zero-order valence-electron chi connectivity index (χ0n) is 12.1. The summed E-state index contributed by atoms with van der Waals surface area (Å²) in [6.45, 7) is 5.52. The molecule has 0 amide bonds. The van der Waals surface area contributed by atoms with Crippen LogP contribution in [0.4, 0.5) is 11.9 Å². The van der Waals surface area contributed by atoms with Gasteiger partial charge in [0.05, 0.1) is 6.61 Å². The van der Waals surface area contributed by atoms with Crippen LogP contribution in [-0.2, 0) is 4.74 Å². The Bertz CT molecular complexity index is 425. The average molecular weight is 300 g/mol. The third-order valence-electron chi connectivity index (χ3n) is 3.30. The van der Waals surface area contributed by atoms with E-state index in [-0.39, 0.29) is 5.28 Å². The van der Waals surface area contributed by atoms with Gasteiger partial charge in [0, 0.05) is 26.7 Å². The standard InChI is InChI=1S/C13H22ClN5O/c1-10(9-20-2)8-15-12-16-11(14)17-13(18-12)19-6-4-3-5-7-19/h10H,3-9H2,1-2H3,(H,15,16,17,18). The summed E-state index contributed by atoms with van der Waals surface area (Å²) in [5, 5.41) is 3.43. The van der Waals surface area contributed by atoms with E-state index in [0.29, 0.717) is 24.4 Å². The first-order chi connectivity index (χ1) is 9.69. The molecule has 1 saturated heterocycles. The minimum Gasteiger partial charge on any atom is -0.384 e. The molecule has 1 fully saturated rings. The minimum atomic E-state index is 0.238. The average Bonchev–Trinajstić information content (AvgIpc) is 2.46. The van der Waals surface area contributed by atoms with Gasteiger partial charge in [-0.2, -0.15) is 15.0 Å². The zero-order valence-corrected chi connectivity index (χ0v) is 12.9. The maximum Gasteiger partial charge on any atom is 0.231 e. The van der Waals surface area contributed by atoms with Crippen LogP contribution in [0.25, 0.3) is 0 Å². The van der Waals surface area contributed by atoms with Gasteiger partial charge in [-0.3, -0.25) is 0 Å². The molecule has 6 nitrogen and oxygen atoms in total. The summed E-state index contributed by atoms with van der Waals surface area (Å²) in [7, 11) is 1.70. The fourth-order valence-corrected chi connectivity index (χ4v) is 2.42. The van der Waals surface area contributed by atoms with Crippen molar-refractivity contribution in [3.63, 3.8) is 0 Å². The highest BCUT2D eigenvalue weighted by Gasteiger charge is 2.15. The van der Waals surface area contributed by atoms with Gasteiger partial charge >= 0.3 is 0 Å². The van der Waals surface area contributed by atoms with E-state index in [1.165, 1.54) is 19.3 Å². The highest BCUT2D eigenvalue weighted by molar-refractivity contribution is 6.28. The van der Waals surface area contributed by atoms with Crippen molar-refractivity contribution in [1.82, 2.24) is 15.0 Å². The summed E-state index contributed by atoms with van der Waals surface area (Å²) >= 11 is 5.99. The van der Waals surface area contributed by atoms with Crippen LogP contribution in [0.3, 0.4) is 0 Å². The second kappa shape index (κ2) is 7.59. The molecule has 0 aliphatic carbocycles. The van der Waals surface area contributed by atoms with Crippen molar-refractivity contribution in [3.8, 4) is 0 Å². The molecular formula is C13H22ClN5O. The number of nitrogens with zero attached hydrogens (tertiary/aromatic N) is 4. The topological polar surface area (TPSA) is 63.2 Å². The van der Waals surface area contributed by atoms with Crippen LogP contribution in [0, 0.1) is 5.92 Å². The normalized spacial score (nSPS) is 17.1. The lowest BCUT2D eigenvalue weighted by molar-refractivity contribution is 0.164. The Morgan fingerprint density at radius 2 is 2.00 bits per heavy atom. The van der Waals surface area contributed by atoms with Crippen molar-refractivity contribution in [3.05, 3.63) is 5.28 Å². The van der Waals surface area contributed by atoms with Crippen molar-refractivity contribution < 1.29 is 4.74 Å². The summed E-state index contributed by atoms with van der Waals surface area (Å²) in [4.78, 5) is 15.0. The smallest absolute Gasteiger partial charge is 0.231 e. The zero-order chi connectivity index (χ0) is 14.4. The molecule has 2 rings (SSSR count). The monoisotopic (exact) mass is 299 g/mol. The number of nitrogens with one attached hydrogen (secondary N) is 1. The third-order valence-corrected chi connectivity index (χ3v) is 3.46. The molecule has 7 heteroatoms. The molecular weight excluding hydrogens is 278 g/mol. The van der Waals surface area contributed by atoms with Crippen LogP contribution in [0.1, 0.15) is 26.2 Å². The Kier molecular flexibility index (Phi) is 5.79. The van der Waals surface area contributed by atoms with E-state index >= 15 is 0 Å². The molecule has 1 aromatic rings. The highest BCUT2D eigenvalue weighted by atomic mass is 35.5. The SMILES string of the molecule is COCC(C)CNc1nc(Cl)nc(N2CCCCC2)n1. The van der Waals surface area contributed by atoms with E-state index in [1.54, 1.807) is 7.11 Å². The van der Waals surface area contributed by atoms with E-state index < -0.39 is 0 Å². The number of methoxy groups -OCH3 is 1. The molecule has 1 N–H and O–H groups in total. The fourth-order valence-electron chi connectivity index (χ4n) is 2.26. The van der Waals surface area contributed by atoms with Gasteiger partial charge in [-0.15, -0.1) is 0 Å². The van der Waals surface area contributed by atoms with Gasteiger partial charge in [-0.25, -0.2) is 0 Å². The van der Waals surface area contributed by atoms with Crippen molar-refractivity contribution >= 4 is 23.5 Å². The summed E-state index contributed by atoms with van der Waals surface area (Å²) in [6.07, 6.45) is 3.63. The Labute approximate surface area is 124 Å². The van der Waals surface area contributed by atoms with Crippen LogP contribution >= 0.6 is 11.6 Å². The summed E-state index contributed by atoms with van der Waals surface area (Å²) < 4.78 is 5.11. The van der Waals surface area contributed by atoms with Gasteiger partial charge in [0.25, 0.3) is 0 Å². The lowest BCUT2D eigenvalue weighted by Crippen LogP contribution is -2.31. The lowest BCUT2D eigenvalue weighted by atomic mass is 10.1.